The van der Waals surface area contributed by atoms with Gasteiger partial charge in [-0.05, 0) is 36.4 Å². The second-order valence-electron chi connectivity index (χ2n) is 3.98. The summed E-state index contributed by atoms with van der Waals surface area (Å²) in [6.07, 6.45) is 0. The topological polar surface area (TPSA) is 49.3 Å². The van der Waals surface area contributed by atoms with Crippen molar-refractivity contribution in [1.82, 2.24) is 0 Å². The largest absolute Gasteiger partial charge is 0.478 e. The molecule has 0 amide bonds. The first-order valence-electron chi connectivity index (χ1n) is 5.57. The van der Waals surface area contributed by atoms with Crippen molar-refractivity contribution in [2.75, 3.05) is 5.32 Å². The van der Waals surface area contributed by atoms with E-state index in [1.807, 2.05) is 0 Å². The molecule has 0 atom stereocenters. The van der Waals surface area contributed by atoms with E-state index < -0.39 is 5.97 Å². The van der Waals surface area contributed by atoms with Gasteiger partial charge in [0.2, 0.25) is 0 Å². The van der Waals surface area contributed by atoms with Gasteiger partial charge in [-0.3, -0.25) is 0 Å². The lowest BCUT2D eigenvalue weighted by Gasteiger charge is -2.08. The summed E-state index contributed by atoms with van der Waals surface area (Å²) in [6, 6.07) is 11.1. The Balaban J connectivity index is 2.12. The zero-order chi connectivity index (χ0) is 13.8. The predicted octanol–water partition coefficient (Wildman–Crippen LogP) is 3.90. The third-order valence-electron chi connectivity index (χ3n) is 2.60. The molecule has 3 nitrogen and oxygen atoms in total. The first kappa shape index (κ1) is 13.5. The summed E-state index contributed by atoms with van der Waals surface area (Å²) in [5.74, 6) is -1.29. The molecule has 98 valence electrons. The third kappa shape index (κ3) is 3.54. The highest BCUT2D eigenvalue weighted by Gasteiger charge is 2.05. The van der Waals surface area contributed by atoms with Gasteiger partial charge >= 0.3 is 5.97 Å². The van der Waals surface area contributed by atoms with Crippen molar-refractivity contribution >= 4 is 27.6 Å². The quantitative estimate of drug-likeness (QED) is 0.897. The highest BCUT2D eigenvalue weighted by Crippen LogP contribution is 2.18. The summed E-state index contributed by atoms with van der Waals surface area (Å²) < 4.78 is 14.3. The fourth-order valence-corrected chi connectivity index (χ4v) is 2.05. The third-order valence-corrected chi connectivity index (χ3v) is 3.09. The van der Waals surface area contributed by atoms with E-state index in [1.54, 1.807) is 24.3 Å². The smallest absolute Gasteiger partial charge is 0.335 e. The molecule has 0 radical (unpaired) electrons. The van der Waals surface area contributed by atoms with Gasteiger partial charge in [0.15, 0.2) is 0 Å². The van der Waals surface area contributed by atoms with Crippen LogP contribution in [0.2, 0.25) is 0 Å². The van der Waals surface area contributed by atoms with Gasteiger partial charge in [0.05, 0.1) is 5.56 Å². The maximum Gasteiger partial charge on any atom is 0.335 e. The molecule has 2 N–H and O–H groups in total. The van der Waals surface area contributed by atoms with Crippen LogP contribution in [0.4, 0.5) is 10.1 Å². The van der Waals surface area contributed by atoms with E-state index in [0.717, 1.165) is 4.47 Å². The number of rotatable bonds is 4. The molecule has 5 heteroatoms. The van der Waals surface area contributed by atoms with Crippen molar-refractivity contribution in [2.24, 2.45) is 0 Å². The van der Waals surface area contributed by atoms with E-state index in [4.69, 9.17) is 5.11 Å². The van der Waals surface area contributed by atoms with Crippen LogP contribution < -0.4 is 5.32 Å². The number of benzene rings is 2. The van der Waals surface area contributed by atoms with Crippen LogP contribution in [-0.4, -0.2) is 11.1 Å². The Morgan fingerprint density at radius 2 is 2.05 bits per heavy atom. The number of carbonyl (C=O) groups is 1. The normalized spacial score (nSPS) is 10.2. The lowest BCUT2D eigenvalue weighted by atomic mass is 10.2. The minimum Gasteiger partial charge on any atom is -0.478 e. The van der Waals surface area contributed by atoms with E-state index in [9.17, 15) is 9.18 Å². The van der Waals surface area contributed by atoms with Gasteiger partial charge in [0.1, 0.15) is 5.82 Å². The van der Waals surface area contributed by atoms with Crippen LogP contribution in [0.5, 0.6) is 0 Å². The molecule has 0 heterocycles. The van der Waals surface area contributed by atoms with Crippen molar-refractivity contribution in [2.45, 2.75) is 6.54 Å². The summed E-state index contributed by atoms with van der Waals surface area (Å²) in [7, 11) is 0. The Morgan fingerprint density at radius 1 is 1.26 bits per heavy atom. The molecule has 0 fully saturated rings. The van der Waals surface area contributed by atoms with Crippen molar-refractivity contribution in [3.05, 3.63) is 63.9 Å². The number of carboxylic acid groups (broad SMARTS) is 1. The van der Waals surface area contributed by atoms with E-state index in [-0.39, 0.29) is 17.9 Å². The Labute approximate surface area is 118 Å². The molecular weight excluding hydrogens is 313 g/mol. The van der Waals surface area contributed by atoms with Crippen LogP contribution in [0.1, 0.15) is 15.9 Å². The molecule has 0 aliphatic heterocycles. The molecule has 0 unspecified atom stereocenters. The second kappa shape index (κ2) is 5.84. The minimum absolute atomic E-state index is 0.194. The minimum atomic E-state index is -0.989. The Morgan fingerprint density at radius 3 is 2.79 bits per heavy atom. The highest BCUT2D eigenvalue weighted by molar-refractivity contribution is 9.10. The van der Waals surface area contributed by atoms with Crippen LogP contribution in [0.25, 0.3) is 0 Å². The fraction of sp³-hybridized carbons (Fsp3) is 0.0714. The molecule has 2 aromatic rings. The van der Waals surface area contributed by atoms with Crippen LogP contribution in [-0.2, 0) is 6.54 Å². The zero-order valence-corrected chi connectivity index (χ0v) is 11.4. The summed E-state index contributed by atoms with van der Waals surface area (Å²) in [5, 5.41) is 11.9. The van der Waals surface area contributed by atoms with Crippen molar-refractivity contribution < 1.29 is 14.3 Å². The Hall–Kier alpha value is -1.88. The molecule has 2 aromatic carbocycles. The molecular formula is C14H11BrFNO2. The van der Waals surface area contributed by atoms with E-state index >= 15 is 0 Å². The highest BCUT2D eigenvalue weighted by atomic mass is 79.9. The van der Waals surface area contributed by atoms with E-state index in [0.29, 0.717) is 11.3 Å². The summed E-state index contributed by atoms with van der Waals surface area (Å²) in [5.41, 5.74) is 1.34. The Bertz CT molecular complexity index is 616. The fourth-order valence-electron chi connectivity index (χ4n) is 1.64. The molecule has 0 aliphatic carbocycles. The van der Waals surface area contributed by atoms with Crippen LogP contribution in [0.15, 0.2) is 46.9 Å². The molecule has 0 spiro atoms. The number of nitrogens with one attached hydrogen (secondary N) is 1. The van der Waals surface area contributed by atoms with Crippen molar-refractivity contribution in [3.63, 3.8) is 0 Å². The second-order valence-corrected chi connectivity index (χ2v) is 4.89. The number of hydrogen-bond donors (Lipinski definition) is 2. The first-order valence-corrected chi connectivity index (χ1v) is 6.37. The van der Waals surface area contributed by atoms with Gasteiger partial charge in [0.25, 0.3) is 0 Å². The maximum absolute atomic E-state index is 13.5. The molecule has 0 saturated carbocycles. The average Bonchev–Trinajstić information content (AvgIpc) is 2.40. The van der Waals surface area contributed by atoms with Gasteiger partial charge < -0.3 is 10.4 Å². The van der Waals surface area contributed by atoms with Crippen LogP contribution >= 0.6 is 15.9 Å². The van der Waals surface area contributed by atoms with Gasteiger partial charge in [-0.25, -0.2) is 9.18 Å². The number of aromatic carboxylic acids is 1. The number of halogens is 2. The van der Waals surface area contributed by atoms with E-state index in [2.05, 4.69) is 21.2 Å². The number of anilines is 1. The molecule has 2 rings (SSSR count). The monoisotopic (exact) mass is 323 g/mol. The lowest BCUT2D eigenvalue weighted by molar-refractivity contribution is 0.0697. The SMILES string of the molecule is O=C(O)c1cccc(NCc2cc(Br)ccc2F)c1. The molecule has 19 heavy (non-hydrogen) atoms. The summed E-state index contributed by atoms with van der Waals surface area (Å²) >= 11 is 3.28. The predicted molar refractivity (Wildman–Crippen MR) is 74.8 cm³/mol. The average molecular weight is 324 g/mol. The maximum atomic E-state index is 13.5. The van der Waals surface area contributed by atoms with Gasteiger partial charge in [-0.2, -0.15) is 0 Å². The standard InChI is InChI=1S/C14H11BrFNO2/c15-11-4-5-13(16)10(6-11)8-17-12-3-1-2-9(7-12)14(18)19/h1-7,17H,8H2,(H,18,19). The molecule has 0 aliphatic rings. The van der Waals surface area contributed by atoms with E-state index in [1.165, 1.54) is 18.2 Å². The molecule has 0 bridgehead atoms. The summed E-state index contributed by atoms with van der Waals surface area (Å²) in [4.78, 5) is 10.8. The van der Waals surface area contributed by atoms with Crippen LogP contribution in [0.3, 0.4) is 0 Å². The van der Waals surface area contributed by atoms with Crippen molar-refractivity contribution in [1.29, 1.82) is 0 Å². The van der Waals surface area contributed by atoms with Gasteiger partial charge in [0, 0.05) is 22.3 Å². The summed E-state index contributed by atoms with van der Waals surface area (Å²) in [6.45, 7) is 0.286. The number of carboxylic acids is 1. The van der Waals surface area contributed by atoms with Crippen LogP contribution in [0, 0.1) is 5.82 Å². The lowest BCUT2D eigenvalue weighted by Crippen LogP contribution is -2.03. The first-order chi connectivity index (χ1) is 9.06. The molecule has 0 saturated heterocycles. The zero-order valence-electron chi connectivity index (χ0n) is 9.86. The van der Waals surface area contributed by atoms with Gasteiger partial charge in [-0.15, -0.1) is 0 Å². The molecule has 0 aromatic heterocycles. The van der Waals surface area contributed by atoms with Gasteiger partial charge in [-0.1, -0.05) is 22.0 Å². The van der Waals surface area contributed by atoms with Crippen molar-refractivity contribution in [3.8, 4) is 0 Å². The number of hydrogen-bond acceptors (Lipinski definition) is 2. The Kier molecular flexibility index (Phi) is 4.16.